The van der Waals surface area contributed by atoms with Crippen molar-refractivity contribution in [1.82, 2.24) is 0 Å². The molecule has 19 heavy (non-hydrogen) atoms. The molecule has 0 heterocycles. The summed E-state index contributed by atoms with van der Waals surface area (Å²) in [5, 5.41) is 0. The van der Waals surface area contributed by atoms with Crippen molar-refractivity contribution in [2.75, 3.05) is 11.5 Å². The lowest BCUT2D eigenvalue weighted by Gasteiger charge is -2.33. The maximum absolute atomic E-state index is 12.9. The summed E-state index contributed by atoms with van der Waals surface area (Å²) < 4.78 is 111. The molecule has 0 nitrogen and oxygen atoms in total. The number of rotatable bonds is 7. The summed E-state index contributed by atoms with van der Waals surface area (Å²) in [6, 6.07) is 0. The van der Waals surface area contributed by atoms with E-state index in [1.807, 2.05) is 0 Å². The van der Waals surface area contributed by atoms with Crippen LogP contribution in [0.2, 0.25) is 0 Å². The predicted octanol–water partition coefficient (Wildman–Crippen LogP) is 4.99. The molecule has 0 aromatic rings. The molecule has 0 radical (unpaired) electrons. The fourth-order valence-corrected chi connectivity index (χ4v) is 1.90. The standard InChI is InChI=1S/C9H11F9S/c1-2-4-19-5-3-6(10,11)7(12,13)8(14,15)9(16,17)18/h2-5H2,1H3. The number of hydrogen-bond donors (Lipinski definition) is 0. The molecule has 0 rings (SSSR count). The van der Waals surface area contributed by atoms with Gasteiger partial charge in [0, 0.05) is 6.42 Å². The van der Waals surface area contributed by atoms with Gasteiger partial charge in [-0.2, -0.15) is 51.3 Å². The van der Waals surface area contributed by atoms with Crippen LogP contribution in [0.3, 0.4) is 0 Å². The molecule has 0 atom stereocenters. The van der Waals surface area contributed by atoms with Crippen LogP contribution in [0.1, 0.15) is 19.8 Å². The third-order valence-corrected chi connectivity index (χ3v) is 3.31. The second kappa shape index (κ2) is 6.01. The van der Waals surface area contributed by atoms with Crippen LogP contribution in [-0.4, -0.2) is 35.4 Å². The molecule has 0 saturated carbocycles. The topological polar surface area (TPSA) is 0 Å². The molecule has 0 aromatic heterocycles. The van der Waals surface area contributed by atoms with E-state index in [1.54, 1.807) is 6.92 Å². The van der Waals surface area contributed by atoms with Crippen LogP contribution in [-0.2, 0) is 0 Å². The van der Waals surface area contributed by atoms with Crippen LogP contribution in [0.25, 0.3) is 0 Å². The van der Waals surface area contributed by atoms with Gasteiger partial charge in [-0.15, -0.1) is 0 Å². The summed E-state index contributed by atoms with van der Waals surface area (Å²) in [5.41, 5.74) is 0. The lowest BCUT2D eigenvalue weighted by Crippen LogP contribution is -2.60. The minimum Gasteiger partial charge on any atom is -0.200 e. The molecular formula is C9H11F9S. The van der Waals surface area contributed by atoms with E-state index in [4.69, 9.17) is 0 Å². The van der Waals surface area contributed by atoms with Gasteiger partial charge in [-0.05, 0) is 17.9 Å². The van der Waals surface area contributed by atoms with Crippen molar-refractivity contribution >= 4 is 11.8 Å². The second-order valence-electron chi connectivity index (χ2n) is 3.71. The van der Waals surface area contributed by atoms with Crippen LogP contribution in [0.5, 0.6) is 0 Å². The molecular weight excluding hydrogens is 311 g/mol. The van der Waals surface area contributed by atoms with Crippen molar-refractivity contribution in [3.63, 3.8) is 0 Å². The lowest BCUT2D eigenvalue weighted by molar-refractivity contribution is -0.396. The summed E-state index contributed by atoms with van der Waals surface area (Å²) >= 11 is 0.775. The molecule has 0 spiro atoms. The van der Waals surface area contributed by atoms with Crippen molar-refractivity contribution in [1.29, 1.82) is 0 Å². The Bertz CT molecular complexity index is 284. The molecule has 0 aliphatic heterocycles. The molecule has 0 N–H and O–H groups in total. The Balaban J connectivity index is 4.96. The predicted molar refractivity (Wildman–Crippen MR) is 53.1 cm³/mol. The van der Waals surface area contributed by atoms with Gasteiger partial charge in [-0.1, -0.05) is 6.92 Å². The molecule has 0 unspecified atom stereocenters. The SMILES string of the molecule is CCCSCCC(F)(F)C(F)(F)C(F)(F)C(F)(F)F. The third-order valence-electron chi connectivity index (χ3n) is 2.12. The first-order valence-corrected chi connectivity index (χ1v) is 6.24. The molecule has 0 saturated heterocycles. The molecule has 0 fully saturated rings. The Morgan fingerprint density at radius 1 is 0.737 bits per heavy atom. The highest BCUT2D eigenvalue weighted by atomic mass is 32.2. The molecule has 0 amide bonds. The van der Waals surface area contributed by atoms with Crippen LogP contribution in [0.4, 0.5) is 39.5 Å². The summed E-state index contributed by atoms with van der Waals surface area (Å²) in [6.07, 6.45) is -7.96. The van der Waals surface area contributed by atoms with Gasteiger partial charge in [0.05, 0.1) is 0 Å². The monoisotopic (exact) mass is 322 g/mol. The molecule has 116 valence electrons. The summed E-state index contributed by atoms with van der Waals surface area (Å²) in [5.74, 6) is -19.0. The second-order valence-corrected chi connectivity index (χ2v) is 4.94. The number of halogens is 9. The van der Waals surface area contributed by atoms with Crippen molar-refractivity contribution in [2.24, 2.45) is 0 Å². The molecule has 0 aliphatic rings. The first kappa shape index (κ1) is 18.7. The highest BCUT2D eigenvalue weighted by Crippen LogP contribution is 2.54. The van der Waals surface area contributed by atoms with Gasteiger partial charge in [-0.25, -0.2) is 0 Å². The van der Waals surface area contributed by atoms with Crippen molar-refractivity contribution in [2.45, 2.75) is 43.7 Å². The molecule has 0 aromatic carbocycles. The number of hydrogen-bond acceptors (Lipinski definition) is 1. The fraction of sp³-hybridized carbons (Fsp3) is 1.00. The average molecular weight is 322 g/mol. The zero-order valence-corrected chi connectivity index (χ0v) is 10.5. The van der Waals surface area contributed by atoms with Gasteiger partial charge < -0.3 is 0 Å². The van der Waals surface area contributed by atoms with Crippen LogP contribution in [0, 0.1) is 0 Å². The fourth-order valence-electron chi connectivity index (χ4n) is 1.01. The molecule has 0 aliphatic carbocycles. The smallest absolute Gasteiger partial charge is 0.200 e. The Kier molecular flexibility index (Phi) is 5.92. The van der Waals surface area contributed by atoms with Gasteiger partial charge in [0.2, 0.25) is 0 Å². The highest BCUT2D eigenvalue weighted by Gasteiger charge is 2.81. The minimum absolute atomic E-state index is 0.317. The average Bonchev–Trinajstić information content (AvgIpc) is 2.22. The maximum atomic E-state index is 12.9. The Morgan fingerprint density at radius 3 is 1.58 bits per heavy atom. The van der Waals surface area contributed by atoms with Gasteiger partial charge in [-0.3, -0.25) is 0 Å². The van der Waals surface area contributed by atoms with E-state index in [2.05, 4.69) is 0 Å². The van der Waals surface area contributed by atoms with E-state index >= 15 is 0 Å². The number of thioether (sulfide) groups is 1. The zero-order chi connectivity index (χ0) is 15.5. The number of alkyl halides is 9. The maximum Gasteiger partial charge on any atom is 0.460 e. The Labute approximate surface area is 107 Å². The summed E-state index contributed by atoms with van der Waals surface area (Å²) in [4.78, 5) is 0. The van der Waals surface area contributed by atoms with E-state index in [0.717, 1.165) is 11.8 Å². The lowest BCUT2D eigenvalue weighted by atomic mass is 10.0. The Morgan fingerprint density at radius 2 is 1.21 bits per heavy atom. The van der Waals surface area contributed by atoms with Crippen LogP contribution >= 0.6 is 11.8 Å². The van der Waals surface area contributed by atoms with E-state index in [9.17, 15) is 39.5 Å². The van der Waals surface area contributed by atoms with Crippen LogP contribution < -0.4 is 0 Å². The summed E-state index contributed by atoms with van der Waals surface area (Å²) in [6.45, 7) is 1.66. The molecule has 0 bridgehead atoms. The largest absolute Gasteiger partial charge is 0.460 e. The van der Waals surface area contributed by atoms with E-state index in [1.165, 1.54) is 0 Å². The van der Waals surface area contributed by atoms with Crippen LogP contribution in [0.15, 0.2) is 0 Å². The van der Waals surface area contributed by atoms with Gasteiger partial charge >= 0.3 is 23.9 Å². The zero-order valence-electron chi connectivity index (χ0n) is 9.64. The minimum atomic E-state index is -6.78. The van der Waals surface area contributed by atoms with Gasteiger partial charge in [0.1, 0.15) is 0 Å². The van der Waals surface area contributed by atoms with Gasteiger partial charge in [0.15, 0.2) is 0 Å². The first-order chi connectivity index (χ1) is 8.31. The Hall–Kier alpha value is -0.280. The molecule has 10 heteroatoms. The first-order valence-electron chi connectivity index (χ1n) is 5.09. The van der Waals surface area contributed by atoms with Crippen molar-refractivity contribution in [3.05, 3.63) is 0 Å². The van der Waals surface area contributed by atoms with E-state index in [-0.39, 0.29) is 0 Å². The van der Waals surface area contributed by atoms with Crippen molar-refractivity contribution in [3.8, 4) is 0 Å². The summed E-state index contributed by atoms with van der Waals surface area (Å²) in [7, 11) is 0. The van der Waals surface area contributed by atoms with Gasteiger partial charge in [0.25, 0.3) is 0 Å². The highest BCUT2D eigenvalue weighted by molar-refractivity contribution is 7.99. The van der Waals surface area contributed by atoms with E-state index < -0.39 is 36.1 Å². The van der Waals surface area contributed by atoms with Crippen molar-refractivity contribution < 1.29 is 39.5 Å². The quantitative estimate of drug-likeness (QED) is 0.470. The normalized spacial score (nSPS) is 14.8. The van der Waals surface area contributed by atoms with E-state index in [0.29, 0.717) is 12.2 Å². The third kappa shape index (κ3) is 3.85.